The van der Waals surface area contributed by atoms with Crippen molar-refractivity contribution in [2.24, 2.45) is 5.92 Å². The zero-order valence-corrected chi connectivity index (χ0v) is 7.41. The molecule has 0 saturated carbocycles. The molecule has 0 aliphatic heterocycles. The van der Waals surface area contributed by atoms with E-state index in [0.29, 0.717) is 5.92 Å². The predicted molar refractivity (Wildman–Crippen MR) is 48.6 cm³/mol. The molecule has 0 spiro atoms. The van der Waals surface area contributed by atoms with Gasteiger partial charge in [0, 0.05) is 11.8 Å². The van der Waals surface area contributed by atoms with Crippen LogP contribution in [0.25, 0.3) is 6.08 Å². The van der Waals surface area contributed by atoms with Crippen molar-refractivity contribution in [3.63, 3.8) is 0 Å². The highest BCUT2D eigenvalue weighted by atomic mass is 14.8. The minimum atomic E-state index is 0.624. The van der Waals surface area contributed by atoms with E-state index in [1.54, 1.807) is 6.33 Å². The standard InChI is InChI=1S/C10H12N2/c1-7(2)8-3-9-5-11-6-12-10(9)4-8/h4-7H,3H2,1-2H3. The Morgan fingerprint density at radius 1 is 1.42 bits per heavy atom. The second kappa shape index (κ2) is 2.70. The van der Waals surface area contributed by atoms with Gasteiger partial charge in [-0.05, 0) is 18.4 Å². The third-order valence-electron chi connectivity index (χ3n) is 2.28. The lowest BCUT2D eigenvalue weighted by molar-refractivity contribution is 0.754. The molecule has 0 saturated heterocycles. The molecule has 0 aromatic carbocycles. The molecule has 1 heterocycles. The molecular weight excluding hydrogens is 148 g/mol. The molecule has 62 valence electrons. The normalized spacial score (nSPS) is 14.8. The third kappa shape index (κ3) is 1.13. The number of rotatable bonds is 1. The highest BCUT2D eigenvalue weighted by Gasteiger charge is 2.15. The summed E-state index contributed by atoms with van der Waals surface area (Å²) in [6, 6.07) is 0. The highest BCUT2D eigenvalue weighted by molar-refractivity contribution is 5.59. The van der Waals surface area contributed by atoms with Crippen molar-refractivity contribution in [3.8, 4) is 0 Å². The summed E-state index contributed by atoms with van der Waals surface area (Å²) in [5.74, 6) is 0.624. The Bertz CT molecular complexity index is 326. The second-order valence-corrected chi connectivity index (χ2v) is 3.48. The first-order valence-electron chi connectivity index (χ1n) is 4.26. The Morgan fingerprint density at radius 3 is 2.92 bits per heavy atom. The summed E-state index contributed by atoms with van der Waals surface area (Å²) in [5.41, 5.74) is 3.83. The number of nitrogens with zero attached hydrogens (tertiary/aromatic N) is 2. The van der Waals surface area contributed by atoms with Gasteiger partial charge < -0.3 is 0 Å². The molecule has 0 amide bonds. The van der Waals surface area contributed by atoms with Gasteiger partial charge in [-0.1, -0.05) is 19.4 Å². The summed E-state index contributed by atoms with van der Waals surface area (Å²) < 4.78 is 0. The van der Waals surface area contributed by atoms with Crippen molar-refractivity contribution in [2.75, 3.05) is 0 Å². The Hall–Kier alpha value is -1.18. The van der Waals surface area contributed by atoms with Gasteiger partial charge in [-0.15, -0.1) is 0 Å². The maximum atomic E-state index is 4.20. The molecule has 0 unspecified atom stereocenters. The average molecular weight is 160 g/mol. The molecule has 1 aliphatic carbocycles. The fraction of sp³-hybridized carbons (Fsp3) is 0.400. The van der Waals surface area contributed by atoms with Gasteiger partial charge in [-0.2, -0.15) is 0 Å². The van der Waals surface area contributed by atoms with Crippen LogP contribution in [0.4, 0.5) is 0 Å². The molecule has 1 aliphatic rings. The molecule has 2 rings (SSSR count). The molecule has 0 radical (unpaired) electrons. The van der Waals surface area contributed by atoms with E-state index in [0.717, 1.165) is 12.1 Å². The predicted octanol–water partition coefficient (Wildman–Crippen LogP) is 2.07. The third-order valence-corrected chi connectivity index (χ3v) is 2.28. The maximum Gasteiger partial charge on any atom is 0.116 e. The summed E-state index contributed by atoms with van der Waals surface area (Å²) in [6.45, 7) is 4.43. The fourth-order valence-corrected chi connectivity index (χ4v) is 1.45. The van der Waals surface area contributed by atoms with E-state index in [1.807, 2.05) is 6.20 Å². The van der Waals surface area contributed by atoms with Crippen LogP contribution in [-0.4, -0.2) is 9.97 Å². The lowest BCUT2D eigenvalue weighted by Crippen LogP contribution is -1.93. The molecule has 12 heavy (non-hydrogen) atoms. The Labute approximate surface area is 72.4 Å². The maximum absolute atomic E-state index is 4.20. The van der Waals surface area contributed by atoms with Crippen molar-refractivity contribution in [3.05, 3.63) is 29.4 Å². The minimum Gasteiger partial charge on any atom is -0.244 e. The molecule has 0 N–H and O–H groups in total. The van der Waals surface area contributed by atoms with E-state index < -0.39 is 0 Å². The van der Waals surface area contributed by atoms with Gasteiger partial charge in [0.05, 0.1) is 5.69 Å². The van der Waals surface area contributed by atoms with E-state index in [2.05, 4.69) is 29.9 Å². The lowest BCUT2D eigenvalue weighted by atomic mass is 10.0. The first kappa shape index (κ1) is 7.47. The van der Waals surface area contributed by atoms with E-state index in [9.17, 15) is 0 Å². The number of aromatic nitrogens is 2. The summed E-state index contributed by atoms with van der Waals surface area (Å²) >= 11 is 0. The lowest BCUT2D eigenvalue weighted by Gasteiger charge is -2.03. The van der Waals surface area contributed by atoms with Gasteiger partial charge in [0.25, 0.3) is 0 Å². The van der Waals surface area contributed by atoms with Gasteiger partial charge >= 0.3 is 0 Å². The van der Waals surface area contributed by atoms with E-state index in [-0.39, 0.29) is 0 Å². The van der Waals surface area contributed by atoms with Gasteiger partial charge in [0.1, 0.15) is 6.33 Å². The van der Waals surface area contributed by atoms with Crippen LogP contribution in [0.15, 0.2) is 18.1 Å². The summed E-state index contributed by atoms with van der Waals surface area (Å²) in [4.78, 5) is 8.21. The SMILES string of the molecule is CC(C)C1=Cc2ncncc2C1. The minimum absolute atomic E-state index is 0.624. The monoisotopic (exact) mass is 160 g/mol. The molecule has 0 bridgehead atoms. The second-order valence-electron chi connectivity index (χ2n) is 3.48. The van der Waals surface area contributed by atoms with Crippen LogP contribution in [0.3, 0.4) is 0 Å². The van der Waals surface area contributed by atoms with E-state index in [4.69, 9.17) is 0 Å². The van der Waals surface area contributed by atoms with Crippen LogP contribution >= 0.6 is 0 Å². The quantitative estimate of drug-likeness (QED) is 0.628. The Balaban J connectivity index is 2.35. The topological polar surface area (TPSA) is 25.8 Å². The van der Waals surface area contributed by atoms with Crippen LogP contribution in [0, 0.1) is 5.92 Å². The number of hydrogen-bond acceptors (Lipinski definition) is 2. The fourth-order valence-electron chi connectivity index (χ4n) is 1.45. The van der Waals surface area contributed by atoms with Gasteiger partial charge in [-0.25, -0.2) is 9.97 Å². The summed E-state index contributed by atoms with van der Waals surface area (Å²) in [7, 11) is 0. The van der Waals surface area contributed by atoms with Crippen LogP contribution < -0.4 is 0 Å². The molecule has 2 nitrogen and oxygen atoms in total. The van der Waals surface area contributed by atoms with Gasteiger partial charge in [0.15, 0.2) is 0 Å². The molecule has 1 aromatic heterocycles. The summed E-state index contributed by atoms with van der Waals surface area (Å²) in [6.07, 6.45) is 6.74. The average Bonchev–Trinajstić information content (AvgIpc) is 2.46. The van der Waals surface area contributed by atoms with Crippen LogP contribution in [0.1, 0.15) is 25.1 Å². The first-order valence-corrected chi connectivity index (χ1v) is 4.26. The number of fused-ring (bicyclic) bond motifs is 1. The van der Waals surface area contributed by atoms with Crippen LogP contribution in [0.5, 0.6) is 0 Å². The smallest absolute Gasteiger partial charge is 0.116 e. The van der Waals surface area contributed by atoms with Crippen LogP contribution in [-0.2, 0) is 6.42 Å². The molecular formula is C10H12N2. The van der Waals surface area contributed by atoms with Crippen LogP contribution in [0.2, 0.25) is 0 Å². The van der Waals surface area contributed by atoms with Gasteiger partial charge in [0.2, 0.25) is 0 Å². The van der Waals surface area contributed by atoms with Crippen molar-refractivity contribution >= 4 is 6.08 Å². The Kier molecular flexibility index (Phi) is 1.68. The highest BCUT2D eigenvalue weighted by Crippen LogP contribution is 2.26. The first-order chi connectivity index (χ1) is 5.77. The molecule has 2 heteroatoms. The van der Waals surface area contributed by atoms with E-state index >= 15 is 0 Å². The number of allylic oxidation sites excluding steroid dienone is 1. The zero-order valence-electron chi connectivity index (χ0n) is 7.41. The molecule has 0 fully saturated rings. The van der Waals surface area contributed by atoms with E-state index in [1.165, 1.54) is 11.1 Å². The molecule has 0 atom stereocenters. The van der Waals surface area contributed by atoms with Crippen molar-refractivity contribution < 1.29 is 0 Å². The largest absolute Gasteiger partial charge is 0.244 e. The Morgan fingerprint density at radius 2 is 2.25 bits per heavy atom. The summed E-state index contributed by atoms with van der Waals surface area (Å²) in [5, 5.41) is 0. The van der Waals surface area contributed by atoms with Crippen molar-refractivity contribution in [2.45, 2.75) is 20.3 Å². The molecule has 1 aromatic rings. The van der Waals surface area contributed by atoms with Crippen molar-refractivity contribution in [1.82, 2.24) is 9.97 Å². The number of hydrogen-bond donors (Lipinski definition) is 0. The zero-order chi connectivity index (χ0) is 8.55. The van der Waals surface area contributed by atoms with Crippen molar-refractivity contribution in [1.29, 1.82) is 0 Å². The van der Waals surface area contributed by atoms with Gasteiger partial charge in [-0.3, -0.25) is 0 Å².